The second-order valence-electron chi connectivity index (χ2n) is 2.99. The molecule has 0 saturated carbocycles. The van der Waals surface area contributed by atoms with Crippen molar-refractivity contribution in [2.45, 2.75) is 0 Å². The van der Waals surface area contributed by atoms with Gasteiger partial charge >= 0.3 is 0 Å². The Labute approximate surface area is 97.5 Å². The molecule has 0 fully saturated rings. The summed E-state index contributed by atoms with van der Waals surface area (Å²) in [4.78, 5) is 21.5. The minimum Gasteiger partial charge on any atom is -0.484 e. The summed E-state index contributed by atoms with van der Waals surface area (Å²) in [5.41, 5.74) is 4.86. The first kappa shape index (κ1) is 12.3. The maximum Gasteiger partial charge on any atom is 0.258 e. The van der Waals surface area contributed by atoms with Gasteiger partial charge in [0.2, 0.25) is 5.91 Å². The third-order valence-corrected chi connectivity index (χ3v) is 1.90. The van der Waals surface area contributed by atoms with Crippen LogP contribution in [-0.2, 0) is 9.59 Å². The molecule has 86 valence electrons. The third kappa shape index (κ3) is 4.65. The largest absolute Gasteiger partial charge is 0.484 e. The second kappa shape index (κ2) is 5.97. The van der Waals surface area contributed by atoms with Crippen molar-refractivity contribution in [1.29, 1.82) is 0 Å². The molecule has 0 spiro atoms. The number of primary amides is 1. The van der Waals surface area contributed by atoms with E-state index in [1.165, 1.54) is 0 Å². The van der Waals surface area contributed by atoms with Crippen molar-refractivity contribution in [1.82, 2.24) is 5.32 Å². The molecule has 0 atom stereocenters. The molecule has 3 N–H and O–H groups in total. The summed E-state index contributed by atoms with van der Waals surface area (Å²) >= 11 is 5.67. The van der Waals surface area contributed by atoms with Crippen LogP contribution in [0.15, 0.2) is 24.3 Å². The van der Waals surface area contributed by atoms with Crippen molar-refractivity contribution in [3.05, 3.63) is 29.3 Å². The molecular weight excluding hydrogens is 232 g/mol. The molecule has 0 heterocycles. The summed E-state index contributed by atoms with van der Waals surface area (Å²) < 4.78 is 5.13. The minimum absolute atomic E-state index is 0.172. The van der Waals surface area contributed by atoms with Gasteiger partial charge in [-0.25, -0.2) is 0 Å². The van der Waals surface area contributed by atoms with E-state index >= 15 is 0 Å². The molecule has 0 aliphatic rings. The number of ether oxygens (including phenoxy) is 1. The van der Waals surface area contributed by atoms with E-state index in [1.807, 2.05) is 0 Å². The van der Waals surface area contributed by atoms with E-state index in [9.17, 15) is 9.59 Å². The fourth-order valence-electron chi connectivity index (χ4n) is 0.916. The van der Waals surface area contributed by atoms with Gasteiger partial charge in [0.15, 0.2) is 6.61 Å². The van der Waals surface area contributed by atoms with Crippen molar-refractivity contribution in [3.63, 3.8) is 0 Å². The summed E-state index contributed by atoms with van der Waals surface area (Å²) in [5.74, 6) is -0.479. The zero-order chi connectivity index (χ0) is 12.0. The zero-order valence-corrected chi connectivity index (χ0v) is 9.16. The van der Waals surface area contributed by atoms with E-state index in [0.717, 1.165) is 0 Å². The summed E-state index contributed by atoms with van der Waals surface area (Å²) in [7, 11) is 0. The topological polar surface area (TPSA) is 81.4 Å². The number of halogens is 1. The van der Waals surface area contributed by atoms with Crippen LogP contribution in [0.2, 0.25) is 5.02 Å². The van der Waals surface area contributed by atoms with Gasteiger partial charge in [-0.2, -0.15) is 0 Å². The molecule has 1 rings (SSSR count). The van der Waals surface area contributed by atoms with Crippen LogP contribution in [0.3, 0.4) is 0 Å². The highest BCUT2D eigenvalue weighted by atomic mass is 35.5. The highest BCUT2D eigenvalue weighted by Crippen LogP contribution is 2.15. The van der Waals surface area contributed by atoms with Gasteiger partial charge in [0, 0.05) is 5.02 Å². The van der Waals surface area contributed by atoms with Crippen LogP contribution in [0.4, 0.5) is 0 Å². The maximum absolute atomic E-state index is 11.1. The standard InChI is InChI=1S/C10H11ClN2O3/c11-7-1-3-8(4-2-7)16-6-10(15)13-5-9(12)14/h1-4H,5-6H2,(H2,12,14)(H,13,15). The number of hydrogen-bond acceptors (Lipinski definition) is 3. The zero-order valence-electron chi connectivity index (χ0n) is 8.40. The van der Waals surface area contributed by atoms with Gasteiger partial charge in [0.1, 0.15) is 5.75 Å². The summed E-state index contributed by atoms with van der Waals surface area (Å²) in [6.07, 6.45) is 0. The monoisotopic (exact) mass is 242 g/mol. The Bertz CT molecular complexity index is 378. The molecule has 2 amide bonds. The first-order chi connectivity index (χ1) is 7.58. The van der Waals surface area contributed by atoms with Crippen LogP contribution in [0.5, 0.6) is 5.75 Å². The number of carbonyl (C=O) groups excluding carboxylic acids is 2. The fourth-order valence-corrected chi connectivity index (χ4v) is 1.04. The molecular formula is C10H11ClN2O3. The van der Waals surface area contributed by atoms with E-state index in [1.54, 1.807) is 24.3 Å². The second-order valence-corrected chi connectivity index (χ2v) is 3.42. The number of benzene rings is 1. The molecule has 1 aromatic carbocycles. The normalized spacial score (nSPS) is 9.56. The average molecular weight is 243 g/mol. The van der Waals surface area contributed by atoms with Crippen LogP contribution < -0.4 is 15.8 Å². The Balaban J connectivity index is 2.31. The van der Waals surface area contributed by atoms with Crippen molar-refractivity contribution in [2.24, 2.45) is 5.73 Å². The van der Waals surface area contributed by atoms with E-state index in [-0.39, 0.29) is 13.2 Å². The van der Waals surface area contributed by atoms with E-state index in [4.69, 9.17) is 22.1 Å². The Morgan fingerprint density at radius 1 is 1.31 bits per heavy atom. The predicted octanol–water partition coefficient (Wildman–Crippen LogP) is 0.320. The quantitative estimate of drug-likeness (QED) is 0.780. The lowest BCUT2D eigenvalue weighted by atomic mass is 10.3. The molecule has 0 aliphatic carbocycles. The van der Waals surface area contributed by atoms with Gasteiger partial charge in [-0.3, -0.25) is 9.59 Å². The number of nitrogens with two attached hydrogens (primary N) is 1. The third-order valence-electron chi connectivity index (χ3n) is 1.64. The lowest BCUT2D eigenvalue weighted by molar-refractivity contribution is -0.126. The number of nitrogens with one attached hydrogen (secondary N) is 1. The molecule has 0 saturated heterocycles. The number of hydrogen-bond donors (Lipinski definition) is 2. The van der Waals surface area contributed by atoms with Crippen LogP contribution in [0.25, 0.3) is 0 Å². The molecule has 16 heavy (non-hydrogen) atoms. The van der Waals surface area contributed by atoms with Gasteiger partial charge in [0.25, 0.3) is 5.91 Å². The average Bonchev–Trinajstić information content (AvgIpc) is 2.25. The van der Waals surface area contributed by atoms with E-state index < -0.39 is 11.8 Å². The summed E-state index contributed by atoms with van der Waals surface area (Å²) in [6, 6.07) is 6.59. The van der Waals surface area contributed by atoms with Crippen molar-refractivity contribution in [2.75, 3.05) is 13.2 Å². The molecule has 0 radical (unpaired) electrons. The maximum atomic E-state index is 11.1. The molecule has 6 heteroatoms. The van der Waals surface area contributed by atoms with Crippen molar-refractivity contribution < 1.29 is 14.3 Å². The molecule has 1 aromatic rings. The molecule has 5 nitrogen and oxygen atoms in total. The Morgan fingerprint density at radius 2 is 1.94 bits per heavy atom. The molecule has 0 bridgehead atoms. The Kier molecular flexibility index (Phi) is 4.60. The SMILES string of the molecule is NC(=O)CNC(=O)COc1ccc(Cl)cc1. The van der Waals surface area contributed by atoms with Gasteiger partial charge < -0.3 is 15.8 Å². The van der Waals surface area contributed by atoms with Crippen molar-refractivity contribution >= 4 is 23.4 Å². The number of carbonyl (C=O) groups is 2. The van der Waals surface area contributed by atoms with Gasteiger partial charge in [0.05, 0.1) is 6.54 Å². The number of amides is 2. The molecule has 0 unspecified atom stereocenters. The van der Waals surface area contributed by atoms with Gasteiger partial charge in [-0.1, -0.05) is 11.6 Å². The fraction of sp³-hybridized carbons (Fsp3) is 0.200. The lowest BCUT2D eigenvalue weighted by Crippen LogP contribution is -2.36. The molecule has 0 aromatic heterocycles. The Morgan fingerprint density at radius 3 is 2.50 bits per heavy atom. The smallest absolute Gasteiger partial charge is 0.258 e. The summed E-state index contributed by atoms with van der Waals surface area (Å²) in [6.45, 7) is -0.363. The highest BCUT2D eigenvalue weighted by molar-refractivity contribution is 6.30. The number of rotatable bonds is 5. The summed E-state index contributed by atoms with van der Waals surface area (Å²) in [5, 5.41) is 2.89. The van der Waals surface area contributed by atoms with Crippen LogP contribution in [0, 0.1) is 0 Å². The molecule has 0 aliphatic heterocycles. The van der Waals surface area contributed by atoms with E-state index in [0.29, 0.717) is 10.8 Å². The van der Waals surface area contributed by atoms with Gasteiger partial charge in [-0.05, 0) is 24.3 Å². The van der Waals surface area contributed by atoms with E-state index in [2.05, 4.69) is 5.32 Å². The van der Waals surface area contributed by atoms with Gasteiger partial charge in [-0.15, -0.1) is 0 Å². The van der Waals surface area contributed by atoms with Crippen LogP contribution in [0.1, 0.15) is 0 Å². The first-order valence-electron chi connectivity index (χ1n) is 4.51. The highest BCUT2D eigenvalue weighted by Gasteiger charge is 2.03. The van der Waals surface area contributed by atoms with Crippen LogP contribution >= 0.6 is 11.6 Å². The Hall–Kier alpha value is -1.75. The van der Waals surface area contributed by atoms with Crippen LogP contribution in [-0.4, -0.2) is 25.0 Å². The first-order valence-corrected chi connectivity index (χ1v) is 4.89. The predicted molar refractivity (Wildman–Crippen MR) is 59.2 cm³/mol. The lowest BCUT2D eigenvalue weighted by Gasteiger charge is -2.05. The minimum atomic E-state index is -0.597. The van der Waals surface area contributed by atoms with Crippen molar-refractivity contribution in [3.8, 4) is 5.75 Å².